The average molecular weight is 385 g/mol. The van der Waals surface area contributed by atoms with Crippen LogP contribution in [0.1, 0.15) is 12.5 Å². The normalized spacial score (nSPS) is 12.1. The minimum Gasteiger partial charge on any atom is -0.495 e. The van der Waals surface area contributed by atoms with Crippen LogP contribution in [0, 0.1) is 5.82 Å². The zero-order chi connectivity index (χ0) is 18.6. The van der Waals surface area contributed by atoms with E-state index in [2.05, 4.69) is 5.32 Å². The highest BCUT2D eigenvalue weighted by Gasteiger charge is 2.21. The first-order valence-corrected chi connectivity index (χ1v) is 8.36. The van der Waals surface area contributed by atoms with Crippen LogP contribution >= 0.6 is 23.2 Å². The number of likely N-dealkylation sites (N-methyl/N-ethyl adjacent to an activating group) is 1. The summed E-state index contributed by atoms with van der Waals surface area (Å²) in [6, 6.07) is 8.93. The van der Waals surface area contributed by atoms with Gasteiger partial charge in [-0.2, -0.15) is 0 Å². The van der Waals surface area contributed by atoms with E-state index in [-0.39, 0.29) is 12.5 Å². The molecule has 4 nitrogen and oxygen atoms in total. The van der Waals surface area contributed by atoms with E-state index in [1.807, 2.05) is 0 Å². The van der Waals surface area contributed by atoms with Gasteiger partial charge in [-0.05, 0) is 44.3 Å². The summed E-state index contributed by atoms with van der Waals surface area (Å²) in [6.45, 7) is 1.92. The summed E-state index contributed by atoms with van der Waals surface area (Å²) in [5.74, 6) is -0.163. The van der Waals surface area contributed by atoms with Gasteiger partial charge < -0.3 is 10.1 Å². The molecule has 1 N–H and O–H groups in total. The first-order valence-electron chi connectivity index (χ1n) is 7.61. The largest absolute Gasteiger partial charge is 0.495 e. The number of anilines is 1. The van der Waals surface area contributed by atoms with E-state index in [0.29, 0.717) is 27.0 Å². The molecule has 0 aliphatic rings. The van der Waals surface area contributed by atoms with Crippen molar-refractivity contribution in [2.24, 2.45) is 0 Å². The van der Waals surface area contributed by atoms with E-state index in [4.69, 9.17) is 27.9 Å². The number of hydrogen-bond acceptors (Lipinski definition) is 3. The molecule has 0 spiro atoms. The van der Waals surface area contributed by atoms with Gasteiger partial charge in [0.05, 0.1) is 18.8 Å². The lowest BCUT2D eigenvalue weighted by Crippen LogP contribution is -2.39. The quantitative estimate of drug-likeness (QED) is 0.790. The van der Waals surface area contributed by atoms with Crippen LogP contribution in [0.15, 0.2) is 36.4 Å². The number of nitrogens with zero attached hydrogens (tertiary/aromatic N) is 1. The van der Waals surface area contributed by atoms with Crippen LogP contribution in [0.25, 0.3) is 0 Å². The highest BCUT2D eigenvalue weighted by atomic mass is 35.5. The molecular weight excluding hydrogens is 366 g/mol. The Morgan fingerprint density at radius 2 is 2.04 bits per heavy atom. The molecule has 7 heteroatoms. The lowest BCUT2D eigenvalue weighted by Gasteiger charge is -2.25. The number of methoxy groups -OCH3 is 1. The Morgan fingerprint density at radius 3 is 2.68 bits per heavy atom. The maximum Gasteiger partial charge on any atom is 0.241 e. The van der Waals surface area contributed by atoms with Gasteiger partial charge in [0.1, 0.15) is 11.6 Å². The molecule has 25 heavy (non-hydrogen) atoms. The Bertz CT molecular complexity index is 750. The number of benzene rings is 2. The molecule has 0 bridgehead atoms. The molecule has 0 aromatic heterocycles. The molecule has 1 amide bonds. The van der Waals surface area contributed by atoms with Crippen molar-refractivity contribution in [2.45, 2.75) is 19.5 Å². The maximum absolute atomic E-state index is 13.9. The van der Waals surface area contributed by atoms with Gasteiger partial charge in [0.15, 0.2) is 0 Å². The SMILES string of the molecule is COc1ccc(Cl)cc1NC(=O)C(C)N(C)Cc1c(F)cccc1Cl. The van der Waals surface area contributed by atoms with Crippen molar-refractivity contribution in [1.29, 1.82) is 0 Å². The smallest absolute Gasteiger partial charge is 0.241 e. The van der Waals surface area contributed by atoms with Crippen LogP contribution in [0.5, 0.6) is 5.75 Å². The molecule has 0 aliphatic heterocycles. The molecule has 134 valence electrons. The third-order valence-corrected chi connectivity index (χ3v) is 4.52. The molecule has 1 atom stereocenters. The summed E-state index contributed by atoms with van der Waals surface area (Å²) in [4.78, 5) is 14.2. The zero-order valence-corrected chi connectivity index (χ0v) is 15.7. The summed E-state index contributed by atoms with van der Waals surface area (Å²) in [6.07, 6.45) is 0. The summed E-state index contributed by atoms with van der Waals surface area (Å²) < 4.78 is 19.1. The second kappa shape index (κ2) is 8.52. The second-order valence-electron chi connectivity index (χ2n) is 5.63. The zero-order valence-electron chi connectivity index (χ0n) is 14.1. The monoisotopic (exact) mass is 384 g/mol. The van der Waals surface area contributed by atoms with E-state index in [1.165, 1.54) is 13.2 Å². The lowest BCUT2D eigenvalue weighted by atomic mass is 10.1. The van der Waals surface area contributed by atoms with Crippen LogP contribution in [0.3, 0.4) is 0 Å². The van der Waals surface area contributed by atoms with Crippen LogP contribution in [0.2, 0.25) is 10.0 Å². The molecule has 0 saturated carbocycles. The van der Waals surface area contributed by atoms with Gasteiger partial charge in [0.25, 0.3) is 0 Å². The molecule has 0 saturated heterocycles. The van der Waals surface area contributed by atoms with Gasteiger partial charge >= 0.3 is 0 Å². The molecule has 0 aliphatic carbocycles. The second-order valence-corrected chi connectivity index (χ2v) is 6.47. The summed E-state index contributed by atoms with van der Waals surface area (Å²) in [7, 11) is 3.23. The Hall–Kier alpha value is -1.82. The van der Waals surface area contributed by atoms with Crippen LogP contribution in [0.4, 0.5) is 10.1 Å². The maximum atomic E-state index is 13.9. The lowest BCUT2D eigenvalue weighted by molar-refractivity contribution is -0.120. The van der Waals surface area contributed by atoms with Crippen LogP contribution < -0.4 is 10.1 Å². The number of hydrogen-bond donors (Lipinski definition) is 1. The Morgan fingerprint density at radius 1 is 1.32 bits per heavy atom. The third-order valence-electron chi connectivity index (χ3n) is 3.93. The van der Waals surface area contributed by atoms with Gasteiger partial charge in [-0.15, -0.1) is 0 Å². The number of nitrogens with one attached hydrogen (secondary N) is 1. The highest BCUT2D eigenvalue weighted by Crippen LogP contribution is 2.28. The van der Waals surface area contributed by atoms with Crippen molar-refractivity contribution in [3.8, 4) is 5.75 Å². The van der Waals surface area contributed by atoms with Crippen LogP contribution in [-0.4, -0.2) is 31.0 Å². The van der Waals surface area contributed by atoms with Crippen molar-refractivity contribution in [3.63, 3.8) is 0 Å². The molecule has 2 aromatic carbocycles. The summed E-state index contributed by atoms with van der Waals surface area (Å²) >= 11 is 12.0. The van der Waals surface area contributed by atoms with Crippen LogP contribution in [-0.2, 0) is 11.3 Å². The summed E-state index contributed by atoms with van der Waals surface area (Å²) in [5.41, 5.74) is 0.829. The Kier molecular flexibility index (Phi) is 6.64. The fourth-order valence-corrected chi connectivity index (χ4v) is 2.68. The van der Waals surface area contributed by atoms with Crippen molar-refractivity contribution in [2.75, 3.05) is 19.5 Å². The molecule has 2 rings (SSSR count). The van der Waals surface area contributed by atoms with Crippen molar-refractivity contribution in [3.05, 3.63) is 57.8 Å². The van der Waals surface area contributed by atoms with E-state index in [1.54, 1.807) is 49.2 Å². The molecular formula is C18H19Cl2FN2O2. The highest BCUT2D eigenvalue weighted by molar-refractivity contribution is 6.31. The minimum absolute atomic E-state index is 0.201. The number of carbonyl (C=O) groups excluding carboxylic acids is 1. The third kappa shape index (κ3) is 4.84. The van der Waals surface area contributed by atoms with Gasteiger partial charge in [-0.3, -0.25) is 9.69 Å². The van der Waals surface area contributed by atoms with Gasteiger partial charge in [0, 0.05) is 22.2 Å². The number of rotatable bonds is 6. The fourth-order valence-electron chi connectivity index (χ4n) is 2.28. The van der Waals surface area contributed by atoms with E-state index in [0.717, 1.165) is 0 Å². The number of halogens is 3. The summed E-state index contributed by atoms with van der Waals surface area (Å²) in [5, 5.41) is 3.59. The number of ether oxygens (including phenoxy) is 1. The Balaban J connectivity index is 2.10. The van der Waals surface area contributed by atoms with Gasteiger partial charge in [-0.25, -0.2) is 4.39 Å². The van der Waals surface area contributed by atoms with Gasteiger partial charge in [0.2, 0.25) is 5.91 Å². The van der Waals surface area contributed by atoms with E-state index >= 15 is 0 Å². The number of carbonyl (C=O) groups is 1. The first-order chi connectivity index (χ1) is 11.8. The molecule has 1 unspecified atom stereocenters. The molecule has 0 fully saturated rings. The average Bonchev–Trinajstić information content (AvgIpc) is 2.57. The minimum atomic E-state index is -0.528. The van der Waals surface area contributed by atoms with Crippen molar-refractivity contribution >= 4 is 34.8 Å². The molecule has 2 aromatic rings. The Labute approximate surface area is 156 Å². The topological polar surface area (TPSA) is 41.6 Å². The van der Waals surface area contributed by atoms with Crippen molar-refractivity contribution in [1.82, 2.24) is 4.90 Å². The predicted octanol–water partition coefficient (Wildman–Crippen LogP) is 4.60. The standard InChI is InChI=1S/C18H19Cl2FN2O2/c1-11(23(2)10-13-14(20)5-4-6-15(13)21)18(24)22-16-9-12(19)7-8-17(16)25-3/h4-9,11H,10H2,1-3H3,(H,22,24). The van der Waals surface area contributed by atoms with Crippen molar-refractivity contribution < 1.29 is 13.9 Å². The number of amides is 1. The predicted molar refractivity (Wildman–Crippen MR) is 99.0 cm³/mol. The molecule has 0 radical (unpaired) electrons. The molecule has 0 heterocycles. The van der Waals surface area contributed by atoms with E-state index in [9.17, 15) is 9.18 Å². The van der Waals surface area contributed by atoms with E-state index < -0.39 is 11.9 Å². The fraction of sp³-hybridized carbons (Fsp3) is 0.278. The first kappa shape index (κ1) is 19.5. The van der Waals surface area contributed by atoms with Gasteiger partial charge in [-0.1, -0.05) is 29.3 Å².